The molecular weight excluding hydrogens is 395 g/mol. The summed E-state index contributed by atoms with van der Waals surface area (Å²) in [6.45, 7) is 3.31. The summed E-state index contributed by atoms with van der Waals surface area (Å²) in [4.78, 5) is 0. The molecule has 0 amide bonds. The first-order chi connectivity index (χ1) is 12.0. The topological polar surface area (TPSA) is 18.5 Å². The SMILES string of the molecule is CCCCOc1cccc(-c2ccccc2)c1OCCC[Si](Cl)(Cl)Cl. The van der Waals surface area contributed by atoms with E-state index in [1.54, 1.807) is 0 Å². The van der Waals surface area contributed by atoms with Gasteiger partial charge < -0.3 is 9.47 Å². The van der Waals surface area contributed by atoms with Gasteiger partial charge in [0.25, 0.3) is 0 Å². The Morgan fingerprint density at radius 3 is 2.24 bits per heavy atom. The maximum Gasteiger partial charge on any atom is 0.341 e. The van der Waals surface area contributed by atoms with Crippen LogP contribution < -0.4 is 9.47 Å². The fraction of sp³-hybridized carbons (Fsp3) is 0.368. The predicted molar refractivity (Wildman–Crippen MR) is 111 cm³/mol. The van der Waals surface area contributed by atoms with Crippen molar-refractivity contribution < 1.29 is 9.47 Å². The Labute approximate surface area is 165 Å². The van der Waals surface area contributed by atoms with Gasteiger partial charge in [-0.25, -0.2) is 0 Å². The van der Waals surface area contributed by atoms with E-state index in [2.05, 4.69) is 19.1 Å². The van der Waals surface area contributed by atoms with Crippen molar-refractivity contribution in [3.63, 3.8) is 0 Å². The molecule has 0 heterocycles. The van der Waals surface area contributed by atoms with Crippen LogP contribution in [0.1, 0.15) is 26.2 Å². The molecule has 0 aliphatic rings. The lowest BCUT2D eigenvalue weighted by Gasteiger charge is -2.17. The highest BCUT2D eigenvalue weighted by atomic mass is 35.8. The Morgan fingerprint density at radius 2 is 1.56 bits per heavy atom. The fourth-order valence-corrected chi connectivity index (χ4v) is 4.14. The monoisotopic (exact) mass is 416 g/mol. The van der Waals surface area contributed by atoms with E-state index in [0.29, 0.717) is 25.7 Å². The lowest BCUT2D eigenvalue weighted by atomic mass is 10.0. The Balaban J connectivity index is 2.18. The first-order valence-corrected chi connectivity index (χ1v) is 13.8. The van der Waals surface area contributed by atoms with Crippen molar-refractivity contribution in [2.45, 2.75) is 32.2 Å². The van der Waals surface area contributed by atoms with Crippen LogP contribution in [0.4, 0.5) is 0 Å². The molecule has 0 aliphatic heterocycles. The number of hydrogen-bond donors (Lipinski definition) is 0. The van der Waals surface area contributed by atoms with Crippen LogP contribution in [0.15, 0.2) is 48.5 Å². The summed E-state index contributed by atoms with van der Waals surface area (Å²) in [5.74, 6) is 1.52. The highest BCUT2D eigenvalue weighted by molar-refractivity contribution is 7.64. The molecule has 0 N–H and O–H groups in total. The van der Waals surface area contributed by atoms with Crippen LogP contribution in [0.25, 0.3) is 11.1 Å². The standard InChI is InChI=1S/C19H23Cl3O2Si/c1-2-3-13-23-18-12-7-11-17(16-9-5-4-6-10-16)19(18)24-14-8-15-25(20,21)22/h4-7,9-12H,2-3,8,13-15H2,1H3. The normalized spacial score (nSPS) is 11.4. The second kappa shape index (κ2) is 10.3. The highest BCUT2D eigenvalue weighted by Crippen LogP contribution is 2.38. The Bertz CT molecular complexity index is 645. The van der Waals surface area contributed by atoms with E-state index in [1.165, 1.54) is 0 Å². The summed E-state index contributed by atoms with van der Waals surface area (Å²) in [7, 11) is 0. The van der Waals surface area contributed by atoms with Crippen LogP contribution in [0.3, 0.4) is 0 Å². The molecule has 2 rings (SSSR count). The van der Waals surface area contributed by atoms with E-state index < -0.39 is 6.00 Å². The van der Waals surface area contributed by atoms with E-state index in [9.17, 15) is 0 Å². The Hall–Kier alpha value is -0.873. The molecule has 0 atom stereocenters. The van der Waals surface area contributed by atoms with Crippen LogP contribution >= 0.6 is 33.2 Å². The molecule has 0 fully saturated rings. The van der Waals surface area contributed by atoms with Crippen LogP contribution in [0.2, 0.25) is 6.04 Å². The van der Waals surface area contributed by atoms with E-state index >= 15 is 0 Å². The third-order valence-electron chi connectivity index (χ3n) is 3.67. The van der Waals surface area contributed by atoms with E-state index in [-0.39, 0.29) is 0 Å². The van der Waals surface area contributed by atoms with Crippen molar-refractivity contribution in [1.29, 1.82) is 0 Å². The van der Waals surface area contributed by atoms with E-state index in [1.807, 2.05) is 36.4 Å². The van der Waals surface area contributed by atoms with Crippen molar-refractivity contribution in [1.82, 2.24) is 0 Å². The minimum absolute atomic E-state index is 0.495. The molecule has 0 saturated carbocycles. The van der Waals surface area contributed by atoms with Crippen molar-refractivity contribution >= 4 is 39.2 Å². The molecule has 0 spiro atoms. The summed E-state index contributed by atoms with van der Waals surface area (Å²) in [6.07, 6.45) is 2.80. The molecule has 2 nitrogen and oxygen atoms in total. The van der Waals surface area contributed by atoms with Gasteiger partial charge in [-0.1, -0.05) is 55.8 Å². The zero-order chi connectivity index (χ0) is 18.1. The first kappa shape index (κ1) is 20.4. The minimum atomic E-state index is -2.61. The zero-order valence-electron chi connectivity index (χ0n) is 14.3. The number of para-hydroxylation sites is 1. The van der Waals surface area contributed by atoms with Crippen molar-refractivity contribution in [2.75, 3.05) is 13.2 Å². The molecule has 25 heavy (non-hydrogen) atoms. The van der Waals surface area contributed by atoms with Gasteiger partial charge >= 0.3 is 6.00 Å². The molecule has 2 aromatic rings. The van der Waals surface area contributed by atoms with Crippen molar-refractivity contribution in [3.8, 4) is 22.6 Å². The molecular formula is C19H23Cl3O2Si. The average Bonchev–Trinajstić information content (AvgIpc) is 2.59. The van der Waals surface area contributed by atoms with Gasteiger partial charge in [-0.15, -0.1) is 33.2 Å². The molecule has 0 aliphatic carbocycles. The molecule has 136 valence electrons. The van der Waals surface area contributed by atoms with Crippen LogP contribution in [0, 0.1) is 0 Å². The lowest BCUT2D eigenvalue weighted by Crippen LogP contribution is -2.11. The number of rotatable bonds is 10. The molecule has 0 aromatic heterocycles. The molecule has 2 aromatic carbocycles. The Morgan fingerprint density at radius 1 is 0.840 bits per heavy atom. The number of benzene rings is 2. The second-order valence-electron chi connectivity index (χ2n) is 5.77. The fourth-order valence-electron chi connectivity index (χ4n) is 2.40. The number of unbranched alkanes of at least 4 members (excludes halogenated alkanes) is 1. The van der Waals surface area contributed by atoms with E-state index in [4.69, 9.17) is 42.7 Å². The van der Waals surface area contributed by atoms with Crippen LogP contribution in [-0.4, -0.2) is 19.2 Å². The second-order valence-corrected chi connectivity index (χ2v) is 15.0. The van der Waals surface area contributed by atoms with Gasteiger partial charge in [0.1, 0.15) is 0 Å². The maximum absolute atomic E-state index is 6.07. The number of ether oxygens (including phenoxy) is 2. The van der Waals surface area contributed by atoms with Crippen molar-refractivity contribution in [3.05, 3.63) is 48.5 Å². The third kappa shape index (κ3) is 7.10. The van der Waals surface area contributed by atoms with Gasteiger partial charge in [0, 0.05) is 5.56 Å². The van der Waals surface area contributed by atoms with E-state index in [0.717, 1.165) is 35.5 Å². The van der Waals surface area contributed by atoms with Crippen LogP contribution in [-0.2, 0) is 0 Å². The predicted octanol–water partition coefficient (Wildman–Crippen LogP) is 6.96. The summed E-state index contributed by atoms with van der Waals surface area (Å²) in [6, 6.07) is 14.1. The first-order valence-electron chi connectivity index (χ1n) is 8.52. The van der Waals surface area contributed by atoms with Gasteiger partial charge in [-0.05, 0) is 30.5 Å². The molecule has 0 bridgehead atoms. The van der Waals surface area contributed by atoms with Crippen LogP contribution in [0.5, 0.6) is 11.5 Å². The largest absolute Gasteiger partial charge is 0.490 e. The molecule has 6 heteroatoms. The maximum atomic E-state index is 6.07. The summed E-state index contributed by atoms with van der Waals surface area (Å²) >= 11 is 17.8. The number of hydrogen-bond acceptors (Lipinski definition) is 2. The number of halogens is 3. The Kier molecular flexibility index (Phi) is 8.44. The van der Waals surface area contributed by atoms with Gasteiger partial charge in [-0.3, -0.25) is 0 Å². The summed E-state index contributed by atoms with van der Waals surface area (Å²) < 4.78 is 12.0. The summed E-state index contributed by atoms with van der Waals surface area (Å²) in [5.41, 5.74) is 2.11. The average molecular weight is 418 g/mol. The summed E-state index contributed by atoms with van der Waals surface area (Å²) in [5, 5.41) is 0. The third-order valence-corrected chi connectivity index (χ3v) is 6.29. The van der Waals surface area contributed by atoms with Gasteiger partial charge in [0.2, 0.25) is 0 Å². The van der Waals surface area contributed by atoms with Gasteiger partial charge in [0.15, 0.2) is 11.5 Å². The molecule has 0 unspecified atom stereocenters. The smallest absolute Gasteiger partial charge is 0.341 e. The van der Waals surface area contributed by atoms with Gasteiger partial charge in [0.05, 0.1) is 13.2 Å². The molecule has 0 saturated heterocycles. The zero-order valence-corrected chi connectivity index (χ0v) is 17.6. The molecule has 0 radical (unpaired) electrons. The van der Waals surface area contributed by atoms with Crippen molar-refractivity contribution in [2.24, 2.45) is 0 Å². The van der Waals surface area contributed by atoms with Gasteiger partial charge in [-0.2, -0.15) is 0 Å². The quantitative estimate of drug-likeness (QED) is 0.236. The minimum Gasteiger partial charge on any atom is -0.490 e. The lowest BCUT2D eigenvalue weighted by molar-refractivity contribution is 0.266. The highest BCUT2D eigenvalue weighted by Gasteiger charge is 2.24.